The largest absolute Gasteiger partial charge is 0.494 e. The van der Waals surface area contributed by atoms with Crippen molar-refractivity contribution in [2.45, 2.75) is 65.1 Å². The molecule has 0 heterocycles. The number of carbonyl (C=O) groups is 2. The number of amides is 2. The van der Waals surface area contributed by atoms with Crippen molar-refractivity contribution in [2.75, 3.05) is 23.7 Å². The molecule has 0 saturated carbocycles. The SMILES string of the molecule is CCOc1ccc(N(CCCC(=O)N(Cc2ccc(Br)cc2)[C@H](Cc2ccccc2)C(=O)N[C@H](C)CC)S(C)(=O)=O)cc1. The van der Waals surface area contributed by atoms with Crippen molar-refractivity contribution in [3.8, 4) is 5.75 Å². The molecule has 1 N–H and O–H groups in total. The minimum atomic E-state index is -3.60. The highest BCUT2D eigenvalue weighted by Gasteiger charge is 2.31. The summed E-state index contributed by atoms with van der Waals surface area (Å²) in [4.78, 5) is 29.2. The molecule has 43 heavy (non-hydrogen) atoms. The molecule has 0 aliphatic carbocycles. The molecule has 0 bridgehead atoms. The van der Waals surface area contributed by atoms with Crippen LogP contribution in [0.25, 0.3) is 0 Å². The molecule has 0 saturated heterocycles. The zero-order chi connectivity index (χ0) is 31.4. The fourth-order valence-corrected chi connectivity index (χ4v) is 5.89. The Balaban J connectivity index is 1.86. The Labute approximate surface area is 264 Å². The molecule has 3 aromatic rings. The number of benzene rings is 3. The van der Waals surface area contributed by atoms with Gasteiger partial charge in [0.15, 0.2) is 0 Å². The molecule has 0 aliphatic rings. The minimum absolute atomic E-state index is 0.0483. The Morgan fingerprint density at radius 3 is 2.16 bits per heavy atom. The third-order valence-electron chi connectivity index (χ3n) is 7.13. The van der Waals surface area contributed by atoms with Crippen LogP contribution < -0.4 is 14.4 Å². The van der Waals surface area contributed by atoms with Crippen molar-refractivity contribution in [3.05, 3.63) is 94.5 Å². The molecule has 10 heteroatoms. The smallest absolute Gasteiger partial charge is 0.243 e. The summed E-state index contributed by atoms with van der Waals surface area (Å²) in [5.74, 6) is 0.220. The van der Waals surface area contributed by atoms with Gasteiger partial charge < -0.3 is 15.0 Å². The van der Waals surface area contributed by atoms with Crippen LogP contribution in [-0.2, 0) is 32.6 Å². The van der Waals surface area contributed by atoms with E-state index in [1.165, 1.54) is 4.31 Å². The Morgan fingerprint density at radius 1 is 0.930 bits per heavy atom. The van der Waals surface area contributed by atoms with Crippen molar-refractivity contribution >= 4 is 43.5 Å². The number of hydrogen-bond donors (Lipinski definition) is 1. The zero-order valence-corrected chi connectivity index (χ0v) is 27.7. The molecule has 8 nitrogen and oxygen atoms in total. The van der Waals surface area contributed by atoms with Crippen LogP contribution in [0.2, 0.25) is 0 Å². The molecule has 0 unspecified atom stereocenters. The third kappa shape index (κ3) is 10.7. The van der Waals surface area contributed by atoms with Crippen molar-refractivity contribution < 1.29 is 22.7 Å². The van der Waals surface area contributed by atoms with Crippen molar-refractivity contribution in [2.24, 2.45) is 0 Å². The number of rotatable bonds is 16. The topological polar surface area (TPSA) is 96.0 Å². The van der Waals surface area contributed by atoms with Crippen LogP contribution in [0, 0.1) is 0 Å². The first-order valence-electron chi connectivity index (χ1n) is 14.6. The lowest BCUT2D eigenvalue weighted by atomic mass is 10.0. The normalized spacial score (nSPS) is 12.7. The first-order chi connectivity index (χ1) is 20.5. The lowest BCUT2D eigenvalue weighted by Crippen LogP contribution is -2.52. The molecular weight excluding hydrogens is 630 g/mol. The standard InChI is InChI=1S/C33H42BrN3O5S/c1-5-25(3)35-33(39)31(23-26-11-8-7-9-12-26)36(24-27-14-16-28(34)17-15-27)32(38)13-10-22-37(43(4,40)41)29-18-20-30(21-19-29)42-6-2/h7-9,11-12,14-21,25,31H,5-6,10,13,22-24H2,1-4H3,(H,35,39)/t25-,31-/m1/s1. The number of carbonyl (C=O) groups excluding carboxylic acids is 2. The average molecular weight is 673 g/mol. The molecule has 3 aromatic carbocycles. The predicted octanol–water partition coefficient (Wildman–Crippen LogP) is 5.95. The molecule has 0 aliphatic heterocycles. The van der Waals surface area contributed by atoms with Crippen LogP contribution in [0.4, 0.5) is 5.69 Å². The third-order valence-corrected chi connectivity index (χ3v) is 8.85. The predicted molar refractivity (Wildman–Crippen MR) is 176 cm³/mol. The number of nitrogens with one attached hydrogen (secondary N) is 1. The van der Waals surface area contributed by atoms with Gasteiger partial charge in [0.25, 0.3) is 0 Å². The van der Waals surface area contributed by atoms with E-state index in [2.05, 4.69) is 21.2 Å². The Morgan fingerprint density at radius 2 is 1.58 bits per heavy atom. The van der Waals surface area contributed by atoms with E-state index in [1.807, 2.05) is 75.4 Å². The second-order valence-corrected chi connectivity index (χ2v) is 13.4. The van der Waals surface area contributed by atoms with E-state index in [0.29, 0.717) is 24.5 Å². The number of sulfonamides is 1. The van der Waals surface area contributed by atoms with E-state index in [9.17, 15) is 18.0 Å². The number of anilines is 1. The van der Waals surface area contributed by atoms with E-state index in [-0.39, 0.29) is 43.8 Å². The molecule has 2 amide bonds. The van der Waals surface area contributed by atoms with Crippen LogP contribution >= 0.6 is 15.9 Å². The highest BCUT2D eigenvalue weighted by Crippen LogP contribution is 2.23. The van der Waals surface area contributed by atoms with Gasteiger partial charge in [0.05, 0.1) is 18.6 Å². The zero-order valence-electron chi connectivity index (χ0n) is 25.3. The molecule has 0 aromatic heterocycles. The van der Waals surface area contributed by atoms with E-state index >= 15 is 0 Å². The van der Waals surface area contributed by atoms with Gasteiger partial charge >= 0.3 is 0 Å². The summed E-state index contributed by atoms with van der Waals surface area (Å²) >= 11 is 3.46. The van der Waals surface area contributed by atoms with Gasteiger partial charge in [-0.05, 0) is 74.2 Å². The van der Waals surface area contributed by atoms with Gasteiger partial charge in [-0.3, -0.25) is 13.9 Å². The van der Waals surface area contributed by atoms with Crippen LogP contribution in [-0.4, -0.2) is 56.6 Å². The molecular formula is C33H42BrN3O5S. The van der Waals surface area contributed by atoms with Crippen molar-refractivity contribution in [1.29, 1.82) is 0 Å². The highest BCUT2D eigenvalue weighted by atomic mass is 79.9. The molecule has 2 atom stereocenters. The fraction of sp³-hybridized carbons (Fsp3) is 0.394. The Bertz CT molecular complexity index is 1420. The van der Waals surface area contributed by atoms with Crippen LogP contribution in [0.3, 0.4) is 0 Å². The summed E-state index contributed by atoms with van der Waals surface area (Å²) in [6, 6.07) is 23.4. The summed E-state index contributed by atoms with van der Waals surface area (Å²) in [7, 11) is -3.60. The number of ether oxygens (including phenoxy) is 1. The quantitative estimate of drug-likeness (QED) is 0.203. The van der Waals surface area contributed by atoms with Gasteiger partial charge in [-0.1, -0.05) is 65.3 Å². The van der Waals surface area contributed by atoms with Gasteiger partial charge in [0.2, 0.25) is 21.8 Å². The molecule has 0 spiro atoms. The second-order valence-electron chi connectivity index (χ2n) is 10.5. The summed E-state index contributed by atoms with van der Waals surface area (Å²) < 4.78 is 33.1. The number of nitrogens with zero attached hydrogens (tertiary/aromatic N) is 2. The summed E-state index contributed by atoms with van der Waals surface area (Å²) in [6.07, 6.45) is 2.62. The number of halogens is 1. The maximum Gasteiger partial charge on any atom is 0.243 e. The number of hydrogen-bond acceptors (Lipinski definition) is 5. The Kier molecular flexibility index (Phi) is 13.1. The van der Waals surface area contributed by atoms with Gasteiger partial charge in [-0.15, -0.1) is 0 Å². The van der Waals surface area contributed by atoms with Gasteiger partial charge in [0.1, 0.15) is 11.8 Å². The van der Waals surface area contributed by atoms with Crippen LogP contribution in [0.1, 0.15) is 51.2 Å². The molecule has 3 rings (SSSR count). The summed E-state index contributed by atoms with van der Waals surface area (Å²) in [6.45, 7) is 6.69. The van der Waals surface area contributed by atoms with Crippen molar-refractivity contribution in [1.82, 2.24) is 10.2 Å². The molecule has 0 fully saturated rings. The van der Waals surface area contributed by atoms with Crippen LogP contribution in [0.5, 0.6) is 5.75 Å². The van der Waals surface area contributed by atoms with Crippen molar-refractivity contribution in [3.63, 3.8) is 0 Å². The fourth-order valence-electron chi connectivity index (χ4n) is 4.66. The van der Waals surface area contributed by atoms with Crippen LogP contribution in [0.15, 0.2) is 83.3 Å². The molecule has 0 radical (unpaired) electrons. The lowest BCUT2D eigenvalue weighted by Gasteiger charge is -2.32. The van der Waals surface area contributed by atoms with E-state index < -0.39 is 16.1 Å². The summed E-state index contributed by atoms with van der Waals surface area (Å²) in [5, 5.41) is 3.07. The maximum absolute atomic E-state index is 13.9. The molecule has 232 valence electrons. The summed E-state index contributed by atoms with van der Waals surface area (Å²) in [5.41, 5.74) is 2.33. The average Bonchev–Trinajstić information content (AvgIpc) is 2.98. The van der Waals surface area contributed by atoms with E-state index in [0.717, 1.165) is 28.3 Å². The van der Waals surface area contributed by atoms with Gasteiger partial charge in [-0.25, -0.2) is 8.42 Å². The van der Waals surface area contributed by atoms with E-state index in [4.69, 9.17) is 4.74 Å². The first-order valence-corrected chi connectivity index (χ1v) is 17.2. The minimum Gasteiger partial charge on any atom is -0.494 e. The highest BCUT2D eigenvalue weighted by molar-refractivity contribution is 9.10. The second kappa shape index (κ2) is 16.5. The lowest BCUT2D eigenvalue weighted by molar-refractivity contribution is -0.141. The van der Waals surface area contributed by atoms with Gasteiger partial charge in [0, 0.05) is 36.4 Å². The van der Waals surface area contributed by atoms with E-state index in [1.54, 1.807) is 29.2 Å². The van der Waals surface area contributed by atoms with Gasteiger partial charge in [-0.2, -0.15) is 0 Å². The Hall–Kier alpha value is -3.37. The maximum atomic E-state index is 13.9. The monoisotopic (exact) mass is 671 g/mol. The first kappa shape index (κ1) is 34.1.